The Morgan fingerprint density at radius 1 is 1.33 bits per heavy atom. The SMILES string of the molecule is I.NC(=NCC1CCCCN1C1CC1)Nc1ccccn1. The largest absolute Gasteiger partial charge is 0.370 e. The number of nitrogens with two attached hydrogens (primary N) is 1. The smallest absolute Gasteiger partial charge is 0.194 e. The number of aromatic nitrogens is 1. The number of guanidine groups is 1. The lowest BCUT2D eigenvalue weighted by Crippen LogP contribution is -2.43. The van der Waals surface area contributed by atoms with Gasteiger partial charge in [-0.2, -0.15) is 0 Å². The van der Waals surface area contributed by atoms with E-state index in [1.54, 1.807) is 6.20 Å². The fraction of sp³-hybridized carbons (Fsp3) is 0.600. The molecule has 21 heavy (non-hydrogen) atoms. The van der Waals surface area contributed by atoms with Crippen LogP contribution in [0.4, 0.5) is 5.82 Å². The number of rotatable bonds is 4. The molecule has 0 radical (unpaired) electrons. The first-order valence-electron chi connectivity index (χ1n) is 7.56. The van der Waals surface area contributed by atoms with E-state index < -0.39 is 0 Å². The molecule has 1 saturated carbocycles. The number of aliphatic imine (C=N–C) groups is 1. The predicted octanol–water partition coefficient (Wildman–Crippen LogP) is 2.44. The summed E-state index contributed by atoms with van der Waals surface area (Å²) in [7, 11) is 0. The van der Waals surface area contributed by atoms with E-state index >= 15 is 0 Å². The van der Waals surface area contributed by atoms with Gasteiger partial charge in [-0.05, 0) is 44.4 Å². The molecule has 5 nitrogen and oxygen atoms in total. The lowest BCUT2D eigenvalue weighted by molar-refractivity contribution is 0.144. The van der Waals surface area contributed by atoms with Crippen molar-refractivity contribution in [2.45, 2.75) is 44.2 Å². The molecular formula is C15H24IN5. The molecule has 116 valence electrons. The van der Waals surface area contributed by atoms with Crippen molar-refractivity contribution in [2.75, 3.05) is 18.4 Å². The molecule has 1 aliphatic heterocycles. The van der Waals surface area contributed by atoms with Gasteiger partial charge in [0.2, 0.25) is 0 Å². The highest BCUT2D eigenvalue weighted by molar-refractivity contribution is 14.0. The van der Waals surface area contributed by atoms with E-state index in [-0.39, 0.29) is 24.0 Å². The second kappa shape index (κ2) is 7.93. The van der Waals surface area contributed by atoms with E-state index in [0.29, 0.717) is 12.0 Å². The third-order valence-corrected chi connectivity index (χ3v) is 4.08. The van der Waals surface area contributed by atoms with Crippen LogP contribution in [0.1, 0.15) is 32.1 Å². The second-order valence-electron chi connectivity index (χ2n) is 5.68. The monoisotopic (exact) mass is 401 g/mol. The maximum absolute atomic E-state index is 5.94. The fourth-order valence-electron chi connectivity index (χ4n) is 2.92. The molecule has 0 bridgehead atoms. The number of likely N-dealkylation sites (tertiary alicyclic amines) is 1. The molecule has 0 amide bonds. The number of anilines is 1. The molecule has 1 saturated heterocycles. The van der Waals surface area contributed by atoms with Gasteiger partial charge in [0.1, 0.15) is 5.82 Å². The molecule has 1 aromatic rings. The quantitative estimate of drug-likeness (QED) is 0.462. The lowest BCUT2D eigenvalue weighted by atomic mass is 10.0. The fourth-order valence-corrected chi connectivity index (χ4v) is 2.92. The van der Waals surface area contributed by atoms with Gasteiger partial charge < -0.3 is 11.1 Å². The van der Waals surface area contributed by atoms with Crippen molar-refractivity contribution in [3.63, 3.8) is 0 Å². The maximum atomic E-state index is 5.94. The molecule has 3 rings (SSSR count). The molecule has 1 aromatic heterocycles. The van der Waals surface area contributed by atoms with Crippen molar-refractivity contribution in [3.8, 4) is 0 Å². The Hall–Kier alpha value is -0.890. The van der Waals surface area contributed by atoms with Crippen LogP contribution in [0.25, 0.3) is 0 Å². The standard InChI is InChI=1S/C15H23N5.HI/c16-15(19-14-6-1-3-9-17-14)18-11-13-5-2-4-10-20(13)12-7-8-12;/h1,3,6,9,12-13H,2,4-5,7-8,10-11H2,(H3,16,17,18,19);1H. The number of nitrogens with one attached hydrogen (secondary N) is 1. The Balaban J connectivity index is 0.00000161. The van der Waals surface area contributed by atoms with Gasteiger partial charge in [0.15, 0.2) is 5.96 Å². The van der Waals surface area contributed by atoms with Gasteiger partial charge in [-0.15, -0.1) is 24.0 Å². The van der Waals surface area contributed by atoms with Crippen LogP contribution in [-0.4, -0.2) is 41.0 Å². The average Bonchev–Trinajstić information content (AvgIpc) is 3.31. The summed E-state index contributed by atoms with van der Waals surface area (Å²) in [6.07, 6.45) is 8.36. The molecule has 6 heteroatoms. The van der Waals surface area contributed by atoms with Crippen molar-refractivity contribution < 1.29 is 0 Å². The molecule has 2 heterocycles. The number of halogens is 1. The molecule has 2 fully saturated rings. The molecule has 2 aliphatic rings. The number of hydrogen-bond donors (Lipinski definition) is 2. The van der Waals surface area contributed by atoms with Gasteiger partial charge in [0.05, 0.1) is 6.54 Å². The molecule has 0 aromatic carbocycles. The topological polar surface area (TPSA) is 66.5 Å². The van der Waals surface area contributed by atoms with E-state index in [9.17, 15) is 0 Å². The number of piperidine rings is 1. The second-order valence-corrected chi connectivity index (χ2v) is 5.68. The highest BCUT2D eigenvalue weighted by atomic mass is 127. The summed E-state index contributed by atoms with van der Waals surface area (Å²) in [5.74, 6) is 1.21. The van der Waals surface area contributed by atoms with Crippen LogP contribution in [0.2, 0.25) is 0 Å². The summed E-state index contributed by atoms with van der Waals surface area (Å²) in [4.78, 5) is 11.3. The zero-order valence-electron chi connectivity index (χ0n) is 12.2. The molecular weight excluding hydrogens is 377 g/mol. The van der Waals surface area contributed by atoms with Gasteiger partial charge in [-0.1, -0.05) is 12.5 Å². The Morgan fingerprint density at radius 3 is 2.90 bits per heavy atom. The summed E-state index contributed by atoms with van der Waals surface area (Å²) in [6.45, 7) is 2.03. The van der Waals surface area contributed by atoms with Gasteiger partial charge in [0.25, 0.3) is 0 Å². The summed E-state index contributed by atoms with van der Waals surface area (Å²) in [5, 5.41) is 3.04. The molecule has 1 unspecified atom stereocenters. The summed E-state index contributed by atoms with van der Waals surface area (Å²) in [5.41, 5.74) is 5.94. The Labute approximate surface area is 143 Å². The third-order valence-electron chi connectivity index (χ3n) is 4.08. The van der Waals surface area contributed by atoms with Gasteiger partial charge >= 0.3 is 0 Å². The minimum Gasteiger partial charge on any atom is -0.370 e. The predicted molar refractivity (Wildman–Crippen MR) is 97.1 cm³/mol. The first-order chi connectivity index (χ1) is 9.83. The Kier molecular flexibility index (Phi) is 6.22. The average molecular weight is 401 g/mol. The molecule has 1 atom stereocenters. The van der Waals surface area contributed by atoms with Crippen molar-refractivity contribution in [1.29, 1.82) is 0 Å². The third kappa shape index (κ3) is 4.81. The summed E-state index contributed by atoms with van der Waals surface area (Å²) < 4.78 is 0. The van der Waals surface area contributed by atoms with Crippen molar-refractivity contribution in [2.24, 2.45) is 10.7 Å². The van der Waals surface area contributed by atoms with E-state index in [0.717, 1.165) is 18.4 Å². The normalized spacial score (nSPS) is 23.4. The van der Waals surface area contributed by atoms with Crippen LogP contribution in [0.3, 0.4) is 0 Å². The Morgan fingerprint density at radius 2 is 2.19 bits per heavy atom. The minimum atomic E-state index is 0. The van der Waals surface area contributed by atoms with E-state index in [1.165, 1.54) is 38.6 Å². The van der Waals surface area contributed by atoms with Crippen molar-refractivity contribution >= 4 is 35.8 Å². The van der Waals surface area contributed by atoms with Crippen LogP contribution in [0, 0.1) is 0 Å². The van der Waals surface area contributed by atoms with Crippen LogP contribution >= 0.6 is 24.0 Å². The van der Waals surface area contributed by atoms with E-state index in [2.05, 4.69) is 20.2 Å². The van der Waals surface area contributed by atoms with Crippen LogP contribution < -0.4 is 11.1 Å². The first kappa shape index (κ1) is 16.5. The van der Waals surface area contributed by atoms with Crippen LogP contribution in [0.15, 0.2) is 29.4 Å². The van der Waals surface area contributed by atoms with E-state index in [4.69, 9.17) is 5.73 Å². The van der Waals surface area contributed by atoms with Crippen molar-refractivity contribution in [1.82, 2.24) is 9.88 Å². The highest BCUT2D eigenvalue weighted by Gasteiger charge is 2.34. The molecule has 1 aliphatic carbocycles. The summed E-state index contributed by atoms with van der Waals surface area (Å²) in [6, 6.07) is 7.09. The molecule has 3 N–H and O–H groups in total. The lowest BCUT2D eigenvalue weighted by Gasteiger charge is -2.35. The summed E-state index contributed by atoms with van der Waals surface area (Å²) >= 11 is 0. The first-order valence-corrected chi connectivity index (χ1v) is 7.56. The zero-order chi connectivity index (χ0) is 13.8. The van der Waals surface area contributed by atoms with Crippen LogP contribution in [0.5, 0.6) is 0 Å². The number of nitrogens with zero attached hydrogens (tertiary/aromatic N) is 3. The van der Waals surface area contributed by atoms with Gasteiger partial charge in [-0.25, -0.2) is 4.98 Å². The number of hydrogen-bond acceptors (Lipinski definition) is 3. The molecule has 0 spiro atoms. The van der Waals surface area contributed by atoms with Gasteiger partial charge in [0, 0.05) is 18.3 Å². The van der Waals surface area contributed by atoms with E-state index in [1.807, 2.05) is 18.2 Å². The maximum Gasteiger partial charge on any atom is 0.194 e. The van der Waals surface area contributed by atoms with Gasteiger partial charge in [-0.3, -0.25) is 9.89 Å². The highest BCUT2D eigenvalue weighted by Crippen LogP contribution is 2.32. The Bertz CT molecular complexity index is 460. The van der Waals surface area contributed by atoms with Crippen molar-refractivity contribution in [3.05, 3.63) is 24.4 Å². The zero-order valence-corrected chi connectivity index (χ0v) is 14.6. The van der Waals surface area contributed by atoms with Crippen LogP contribution in [-0.2, 0) is 0 Å². The minimum absolute atomic E-state index is 0. The number of pyridine rings is 1.